The molecular weight excluding hydrogens is 853 g/mol. The van der Waals surface area contributed by atoms with Gasteiger partial charge in [-0.1, -0.05) is 188 Å². The number of rotatable bonds is 8. The Morgan fingerprint density at radius 3 is 1.26 bits per heavy atom. The van der Waals surface area contributed by atoms with E-state index >= 15 is 0 Å². The largest absolute Gasteiger partial charge is 0.455 e. The highest BCUT2D eigenvalue weighted by molar-refractivity contribution is 6.11. The summed E-state index contributed by atoms with van der Waals surface area (Å²) in [6, 6.07) is 91.2. The maximum atomic E-state index is 6.52. The van der Waals surface area contributed by atoms with Crippen LogP contribution in [0.15, 0.2) is 264 Å². The molecule has 14 aromatic rings. The topological polar surface area (TPSA) is 34.5 Å². The number of nitrogens with zero attached hydrogens (tertiary/aromatic N) is 2. The number of aromatic nitrogens is 1. The minimum absolute atomic E-state index is 0.890. The normalized spacial score (nSPS) is 11.7. The molecule has 0 fully saturated rings. The predicted molar refractivity (Wildman–Crippen MR) is 292 cm³/mol. The van der Waals surface area contributed by atoms with Gasteiger partial charge in [-0.15, -0.1) is 0 Å². The molecule has 0 aliphatic heterocycles. The molecule has 0 aliphatic carbocycles. The van der Waals surface area contributed by atoms with Gasteiger partial charge in [-0.05, 0) is 94.5 Å². The Bertz CT molecular complexity index is 4060. The Balaban J connectivity index is 0.940. The van der Waals surface area contributed by atoms with Gasteiger partial charge in [0.15, 0.2) is 0 Å². The number of benzene rings is 11. The van der Waals surface area contributed by atoms with Gasteiger partial charge in [-0.3, -0.25) is 0 Å². The molecule has 11 aromatic carbocycles. The van der Waals surface area contributed by atoms with Crippen LogP contribution in [0.5, 0.6) is 0 Å². The fourth-order valence-electron chi connectivity index (χ4n) is 10.7. The molecule has 0 unspecified atom stereocenters. The van der Waals surface area contributed by atoms with Gasteiger partial charge in [-0.2, -0.15) is 0 Å². The van der Waals surface area contributed by atoms with Crippen LogP contribution >= 0.6 is 0 Å². The summed E-state index contributed by atoms with van der Waals surface area (Å²) in [7, 11) is 0. The second kappa shape index (κ2) is 16.2. The zero-order valence-electron chi connectivity index (χ0n) is 38.0. The van der Waals surface area contributed by atoms with E-state index in [0.29, 0.717) is 0 Å². The molecule has 0 atom stereocenters. The predicted octanol–water partition coefficient (Wildman–Crippen LogP) is 18.7. The fourth-order valence-corrected chi connectivity index (χ4v) is 10.7. The van der Waals surface area contributed by atoms with E-state index in [1.807, 2.05) is 24.3 Å². The number of hydrogen-bond donors (Lipinski definition) is 0. The maximum absolute atomic E-state index is 6.52. The standard InChI is InChI=1S/C66H42N2O2/c1-2-14-43(15-3-1)47-34-41-51(44-28-39-50(40-29-44)68-60-24-8-4-16-54(60)55-17-5-9-25-61(55)68)62(42-47)67(48-35-30-45(31-36-48)52-20-12-22-58-56-18-6-10-26-63(56)69-65(52)58)49-37-32-46(33-38-49)53-21-13-23-59-57-19-7-11-27-64(57)70-66(53)59/h1-42H. The van der Waals surface area contributed by atoms with Crippen LogP contribution in [0.1, 0.15) is 0 Å². The van der Waals surface area contributed by atoms with Crippen molar-refractivity contribution in [1.82, 2.24) is 4.57 Å². The Morgan fingerprint density at radius 2 is 0.714 bits per heavy atom. The summed E-state index contributed by atoms with van der Waals surface area (Å²) in [5.74, 6) is 0. The molecular formula is C66H42N2O2. The summed E-state index contributed by atoms with van der Waals surface area (Å²) in [5, 5.41) is 6.97. The highest BCUT2D eigenvalue weighted by Gasteiger charge is 2.21. The smallest absolute Gasteiger partial charge is 0.143 e. The Labute approximate surface area is 404 Å². The Hall–Kier alpha value is -9.38. The van der Waals surface area contributed by atoms with Crippen molar-refractivity contribution in [2.75, 3.05) is 4.90 Å². The van der Waals surface area contributed by atoms with E-state index in [1.54, 1.807) is 0 Å². The van der Waals surface area contributed by atoms with Crippen molar-refractivity contribution in [2.24, 2.45) is 0 Å². The van der Waals surface area contributed by atoms with E-state index in [9.17, 15) is 0 Å². The van der Waals surface area contributed by atoms with Crippen LogP contribution < -0.4 is 4.90 Å². The summed E-state index contributed by atoms with van der Waals surface area (Å²) < 4.78 is 15.4. The number of hydrogen-bond acceptors (Lipinski definition) is 3. The quantitative estimate of drug-likeness (QED) is 0.152. The zero-order valence-corrected chi connectivity index (χ0v) is 38.0. The minimum Gasteiger partial charge on any atom is -0.455 e. The van der Waals surface area contributed by atoms with Crippen LogP contribution in [-0.4, -0.2) is 4.57 Å². The van der Waals surface area contributed by atoms with Gasteiger partial charge in [0.05, 0.1) is 16.7 Å². The summed E-state index contributed by atoms with van der Waals surface area (Å²) in [4.78, 5) is 2.40. The van der Waals surface area contributed by atoms with Crippen LogP contribution in [0.4, 0.5) is 17.1 Å². The van der Waals surface area contributed by atoms with Gasteiger partial charge in [0, 0.05) is 66.1 Å². The number of fused-ring (bicyclic) bond motifs is 9. The summed E-state index contributed by atoms with van der Waals surface area (Å²) in [5.41, 5.74) is 19.0. The molecule has 3 heterocycles. The maximum Gasteiger partial charge on any atom is 0.143 e. The molecule has 0 N–H and O–H groups in total. The van der Waals surface area contributed by atoms with Gasteiger partial charge >= 0.3 is 0 Å². The van der Waals surface area contributed by atoms with Crippen LogP contribution in [0.2, 0.25) is 0 Å². The average molecular weight is 895 g/mol. The molecule has 4 heteroatoms. The van der Waals surface area contributed by atoms with E-state index in [-0.39, 0.29) is 0 Å². The van der Waals surface area contributed by atoms with E-state index in [2.05, 4.69) is 240 Å². The Morgan fingerprint density at radius 1 is 0.286 bits per heavy atom. The van der Waals surface area contributed by atoms with E-state index in [4.69, 9.17) is 8.83 Å². The van der Waals surface area contributed by atoms with Gasteiger partial charge < -0.3 is 18.3 Å². The van der Waals surface area contributed by atoms with Gasteiger partial charge in [-0.25, -0.2) is 0 Å². The van der Waals surface area contributed by atoms with Crippen molar-refractivity contribution in [2.45, 2.75) is 0 Å². The van der Waals surface area contributed by atoms with Crippen molar-refractivity contribution >= 4 is 82.7 Å². The number of para-hydroxylation sites is 6. The van der Waals surface area contributed by atoms with E-state index < -0.39 is 0 Å². The third kappa shape index (κ3) is 6.46. The fraction of sp³-hybridized carbons (Fsp3) is 0. The third-order valence-electron chi connectivity index (χ3n) is 14.0. The monoisotopic (exact) mass is 894 g/mol. The molecule has 0 bridgehead atoms. The summed E-state index contributed by atoms with van der Waals surface area (Å²) >= 11 is 0. The van der Waals surface area contributed by atoms with Crippen molar-refractivity contribution in [3.05, 3.63) is 255 Å². The lowest BCUT2D eigenvalue weighted by atomic mass is 9.96. The second-order valence-electron chi connectivity index (χ2n) is 18.0. The molecule has 0 saturated carbocycles. The van der Waals surface area contributed by atoms with Crippen LogP contribution in [0, 0.1) is 0 Å². The molecule has 0 amide bonds. The summed E-state index contributed by atoms with van der Waals surface area (Å²) in [6.07, 6.45) is 0. The molecule has 3 aromatic heterocycles. The number of anilines is 3. The van der Waals surface area contributed by atoms with Crippen molar-refractivity contribution in [3.8, 4) is 50.2 Å². The van der Waals surface area contributed by atoms with Crippen LogP contribution in [0.3, 0.4) is 0 Å². The second-order valence-corrected chi connectivity index (χ2v) is 18.0. The molecule has 0 saturated heterocycles. The van der Waals surface area contributed by atoms with Crippen LogP contribution in [0.25, 0.3) is 116 Å². The zero-order chi connectivity index (χ0) is 46.1. The molecule has 0 spiro atoms. The molecule has 4 nitrogen and oxygen atoms in total. The van der Waals surface area contributed by atoms with E-state index in [0.717, 1.165) is 111 Å². The van der Waals surface area contributed by atoms with E-state index in [1.165, 1.54) is 21.8 Å². The summed E-state index contributed by atoms with van der Waals surface area (Å²) in [6.45, 7) is 0. The first-order valence-corrected chi connectivity index (χ1v) is 23.8. The SMILES string of the molecule is c1ccc(-c2ccc(-c3ccc(-n4c5ccccc5c5ccccc54)cc3)c(N(c3ccc(-c4cccc5c4oc4ccccc45)cc3)c3ccc(-c4cccc5c4oc4ccccc45)cc3)c2)cc1. The lowest BCUT2D eigenvalue weighted by molar-refractivity contribution is 0.669. The van der Waals surface area contributed by atoms with Gasteiger partial charge in [0.25, 0.3) is 0 Å². The minimum atomic E-state index is 0.890. The number of furan rings is 2. The van der Waals surface area contributed by atoms with Crippen LogP contribution in [-0.2, 0) is 0 Å². The average Bonchev–Trinajstić information content (AvgIpc) is 4.12. The van der Waals surface area contributed by atoms with Crippen molar-refractivity contribution in [3.63, 3.8) is 0 Å². The van der Waals surface area contributed by atoms with Gasteiger partial charge in [0.2, 0.25) is 0 Å². The van der Waals surface area contributed by atoms with Gasteiger partial charge in [0.1, 0.15) is 22.3 Å². The third-order valence-corrected chi connectivity index (χ3v) is 14.0. The molecule has 328 valence electrons. The lowest BCUT2D eigenvalue weighted by Gasteiger charge is -2.29. The first kappa shape index (κ1) is 39.8. The molecule has 0 radical (unpaired) electrons. The molecule has 0 aliphatic rings. The Kier molecular flexibility index (Phi) is 9.17. The highest BCUT2D eigenvalue weighted by atomic mass is 16.3. The first-order chi connectivity index (χ1) is 34.7. The highest BCUT2D eigenvalue weighted by Crippen LogP contribution is 2.46. The molecule has 14 rings (SSSR count). The van der Waals surface area contributed by atoms with Crippen molar-refractivity contribution in [1.29, 1.82) is 0 Å². The van der Waals surface area contributed by atoms with Crippen molar-refractivity contribution < 1.29 is 8.83 Å². The molecule has 70 heavy (non-hydrogen) atoms. The first-order valence-electron chi connectivity index (χ1n) is 23.8. The lowest BCUT2D eigenvalue weighted by Crippen LogP contribution is -2.11.